The number of benzene rings is 3. The highest BCUT2D eigenvalue weighted by Gasteiger charge is 2.35. The molecule has 1 heterocycles. The van der Waals surface area contributed by atoms with E-state index in [4.69, 9.17) is 27.9 Å². The molecule has 1 fully saturated rings. The number of ether oxygens (including phenoxy) is 1. The molecule has 4 nitrogen and oxygen atoms in total. The average molecular weight is 484 g/mol. The molecule has 3 aromatic rings. The number of aryl methyl sites for hydroxylation is 1. The van der Waals surface area contributed by atoms with Gasteiger partial charge in [0.05, 0.1) is 11.4 Å². The zero-order valence-corrected chi connectivity index (χ0v) is 19.5. The molecule has 2 amide bonds. The van der Waals surface area contributed by atoms with Crippen molar-refractivity contribution in [3.63, 3.8) is 0 Å². The van der Waals surface area contributed by atoms with Crippen molar-refractivity contribution in [3.05, 3.63) is 104 Å². The summed E-state index contributed by atoms with van der Waals surface area (Å²) in [5.74, 6) is 0.388. The number of nitrogens with zero attached hydrogens (tertiary/aromatic N) is 1. The minimum Gasteiger partial charge on any atom is -0.489 e. The van der Waals surface area contributed by atoms with Crippen molar-refractivity contribution in [1.82, 2.24) is 4.90 Å². The fraction of sp³-hybridized carbons (Fsp3) is 0.120. The Balaban J connectivity index is 1.41. The zero-order chi connectivity index (χ0) is 22.7. The van der Waals surface area contributed by atoms with E-state index in [2.05, 4.69) is 12.1 Å². The van der Waals surface area contributed by atoms with Crippen LogP contribution in [0.25, 0.3) is 6.08 Å². The molecule has 0 spiro atoms. The van der Waals surface area contributed by atoms with Crippen LogP contribution in [-0.2, 0) is 17.9 Å². The molecule has 1 aliphatic rings. The molecule has 7 heteroatoms. The number of hydrogen-bond acceptors (Lipinski definition) is 4. The molecule has 0 radical (unpaired) electrons. The highest BCUT2D eigenvalue weighted by molar-refractivity contribution is 8.18. The van der Waals surface area contributed by atoms with Gasteiger partial charge in [0.15, 0.2) is 0 Å². The van der Waals surface area contributed by atoms with Crippen LogP contribution < -0.4 is 4.74 Å². The van der Waals surface area contributed by atoms with Crippen LogP contribution in [0.4, 0.5) is 4.79 Å². The van der Waals surface area contributed by atoms with E-state index < -0.39 is 0 Å². The fourth-order valence-corrected chi connectivity index (χ4v) is 4.43. The highest BCUT2D eigenvalue weighted by Crippen LogP contribution is 2.34. The van der Waals surface area contributed by atoms with Crippen LogP contribution in [0.2, 0.25) is 10.0 Å². The third-order valence-electron chi connectivity index (χ3n) is 4.92. The smallest absolute Gasteiger partial charge is 0.293 e. The van der Waals surface area contributed by atoms with E-state index >= 15 is 0 Å². The Morgan fingerprint density at radius 2 is 1.69 bits per heavy atom. The molecule has 162 valence electrons. The van der Waals surface area contributed by atoms with Gasteiger partial charge in [-0.05, 0) is 65.7 Å². The average Bonchev–Trinajstić information content (AvgIpc) is 3.03. The van der Waals surface area contributed by atoms with Crippen LogP contribution >= 0.6 is 35.0 Å². The van der Waals surface area contributed by atoms with Gasteiger partial charge in [-0.15, -0.1) is 0 Å². The number of carbonyl (C=O) groups is 2. The lowest BCUT2D eigenvalue weighted by Crippen LogP contribution is -2.27. The molecule has 0 N–H and O–H groups in total. The van der Waals surface area contributed by atoms with Gasteiger partial charge in [0, 0.05) is 10.0 Å². The van der Waals surface area contributed by atoms with Crippen LogP contribution in [0.15, 0.2) is 71.6 Å². The van der Waals surface area contributed by atoms with Gasteiger partial charge in [-0.1, -0.05) is 71.2 Å². The number of rotatable bonds is 6. The van der Waals surface area contributed by atoms with Crippen LogP contribution in [0, 0.1) is 6.92 Å². The second-order valence-corrected chi connectivity index (χ2v) is 9.18. The SMILES string of the molecule is Cc1ccc(COc2ccc(/C=C3\SC(=O)N(Cc4ccc(Cl)cc4Cl)C3=O)cc2)cc1. The normalized spacial score (nSPS) is 15.0. The predicted molar refractivity (Wildman–Crippen MR) is 130 cm³/mol. The Morgan fingerprint density at radius 1 is 0.969 bits per heavy atom. The van der Waals surface area contributed by atoms with Gasteiger partial charge in [-0.25, -0.2) is 0 Å². The van der Waals surface area contributed by atoms with Gasteiger partial charge >= 0.3 is 0 Å². The van der Waals surface area contributed by atoms with Crippen LogP contribution in [0.3, 0.4) is 0 Å². The first-order valence-corrected chi connectivity index (χ1v) is 11.4. The number of halogens is 2. The summed E-state index contributed by atoms with van der Waals surface area (Å²) < 4.78 is 5.82. The lowest BCUT2D eigenvalue weighted by Gasteiger charge is -2.13. The van der Waals surface area contributed by atoms with Gasteiger partial charge in [0.25, 0.3) is 11.1 Å². The van der Waals surface area contributed by atoms with E-state index in [0.717, 1.165) is 28.6 Å². The van der Waals surface area contributed by atoms with Crippen molar-refractivity contribution in [2.24, 2.45) is 0 Å². The Bertz CT molecular complexity index is 1190. The zero-order valence-electron chi connectivity index (χ0n) is 17.2. The monoisotopic (exact) mass is 483 g/mol. The Labute approximate surface area is 200 Å². The number of amides is 2. The first-order chi connectivity index (χ1) is 15.4. The summed E-state index contributed by atoms with van der Waals surface area (Å²) in [6.07, 6.45) is 1.71. The van der Waals surface area contributed by atoms with Gasteiger partial charge in [-0.3, -0.25) is 14.5 Å². The lowest BCUT2D eigenvalue weighted by atomic mass is 10.1. The van der Waals surface area contributed by atoms with Crippen LogP contribution in [-0.4, -0.2) is 16.0 Å². The van der Waals surface area contributed by atoms with Crippen molar-refractivity contribution in [3.8, 4) is 5.75 Å². The van der Waals surface area contributed by atoms with E-state index in [1.54, 1.807) is 24.3 Å². The molecule has 0 aliphatic carbocycles. The summed E-state index contributed by atoms with van der Waals surface area (Å²) in [5, 5.41) is 0.589. The second-order valence-electron chi connectivity index (χ2n) is 7.35. The first kappa shape index (κ1) is 22.5. The van der Waals surface area contributed by atoms with Gasteiger partial charge in [-0.2, -0.15) is 0 Å². The molecular weight excluding hydrogens is 465 g/mol. The summed E-state index contributed by atoms with van der Waals surface area (Å²) in [7, 11) is 0. The predicted octanol–water partition coefficient (Wildman–Crippen LogP) is 7.12. The van der Waals surface area contributed by atoms with E-state index in [1.165, 1.54) is 10.5 Å². The second kappa shape index (κ2) is 9.82. The van der Waals surface area contributed by atoms with Gasteiger partial charge in [0.1, 0.15) is 12.4 Å². The number of thioether (sulfide) groups is 1. The van der Waals surface area contributed by atoms with E-state index in [0.29, 0.717) is 27.1 Å². The summed E-state index contributed by atoms with van der Waals surface area (Å²) in [5.41, 5.74) is 3.77. The van der Waals surface area contributed by atoms with Crippen molar-refractivity contribution < 1.29 is 14.3 Å². The van der Waals surface area contributed by atoms with E-state index in [9.17, 15) is 9.59 Å². The van der Waals surface area contributed by atoms with Gasteiger partial charge < -0.3 is 4.74 Å². The molecule has 0 saturated carbocycles. The molecule has 3 aromatic carbocycles. The Morgan fingerprint density at radius 3 is 2.38 bits per heavy atom. The van der Waals surface area contributed by atoms with Crippen LogP contribution in [0.1, 0.15) is 22.3 Å². The molecule has 0 aromatic heterocycles. The largest absolute Gasteiger partial charge is 0.489 e. The molecular formula is C25H19Cl2NO3S. The maximum Gasteiger partial charge on any atom is 0.293 e. The number of carbonyl (C=O) groups excluding carboxylic acids is 2. The van der Waals surface area contributed by atoms with E-state index in [-0.39, 0.29) is 17.7 Å². The molecule has 1 aliphatic heterocycles. The summed E-state index contributed by atoms with van der Waals surface area (Å²) in [6.45, 7) is 2.63. The third kappa shape index (κ3) is 5.36. The minimum absolute atomic E-state index is 0.101. The number of imide groups is 1. The molecule has 0 unspecified atom stereocenters. The Kier molecular flexibility index (Phi) is 6.89. The third-order valence-corrected chi connectivity index (χ3v) is 6.42. The highest BCUT2D eigenvalue weighted by atomic mass is 35.5. The van der Waals surface area contributed by atoms with Gasteiger partial charge in [0.2, 0.25) is 0 Å². The topological polar surface area (TPSA) is 46.6 Å². The fourth-order valence-electron chi connectivity index (χ4n) is 3.12. The first-order valence-electron chi connectivity index (χ1n) is 9.87. The summed E-state index contributed by atoms with van der Waals surface area (Å²) in [4.78, 5) is 26.7. The standard InChI is InChI=1S/C25H19Cl2NO3S/c1-16-2-4-18(5-3-16)15-31-21-10-6-17(7-11-21)12-23-24(29)28(25(30)32-23)14-19-8-9-20(26)13-22(19)27/h2-13H,14-15H2,1H3/b23-12-. The maximum absolute atomic E-state index is 12.8. The van der Waals surface area contributed by atoms with Crippen molar-refractivity contribution >= 4 is 52.2 Å². The van der Waals surface area contributed by atoms with E-state index in [1.807, 2.05) is 43.3 Å². The maximum atomic E-state index is 12.8. The van der Waals surface area contributed by atoms with Crippen LogP contribution in [0.5, 0.6) is 5.75 Å². The Hall–Kier alpha value is -2.73. The lowest BCUT2D eigenvalue weighted by molar-refractivity contribution is -0.123. The number of hydrogen-bond donors (Lipinski definition) is 0. The van der Waals surface area contributed by atoms with Crippen molar-refractivity contribution in [1.29, 1.82) is 0 Å². The van der Waals surface area contributed by atoms with Crippen molar-refractivity contribution in [2.45, 2.75) is 20.1 Å². The molecule has 0 bridgehead atoms. The van der Waals surface area contributed by atoms with Crippen molar-refractivity contribution in [2.75, 3.05) is 0 Å². The minimum atomic E-state index is -0.342. The summed E-state index contributed by atoms with van der Waals surface area (Å²) in [6, 6.07) is 20.6. The quantitative estimate of drug-likeness (QED) is 0.350. The molecule has 32 heavy (non-hydrogen) atoms. The molecule has 0 atom stereocenters. The summed E-state index contributed by atoms with van der Waals surface area (Å²) >= 11 is 13.0. The molecule has 4 rings (SSSR count). The molecule has 1 saturated heterocycles.